The van der Waals surface area contributed by atoms with Gasteiger partial charge in [-0.05, 0) is 256 Å². The second-order valence-electron chi connectivity index (χ2n) is 27.8. The summed E-state index contributed by atoms with van der Waals surface area (Å²) in [4.78, 5) is 34.1. The van der Waals surface area contributed by atoms with E-state index >= 15 is 0 Å². The second kappa shape index (κ2) is 30.2. The maximum absolute atomic E-state index is 14.7. The number of hydrogen-bond donors (Lipinski definition) is 11. The number of benzene rings is 3. The summed E-state index contributed by atoms with van der Waals surface area (Å²) in [7, 11) is 6.92. The lowest BCUT2D eigenvalue weighted by Gasteiger charge is -2.55. The van der Waals surface area contributed by atoms with Crippen molar-refractivity contribution >= 4 is 44.7 Å². The molecule has 4 saturated carbocycles. The van der Waals surface area contributed by atoms with E-state index in [2.05, 4.69) is 106 Å². The Morgan fingerprint density at radius 2 is 1.72 bits per heavy atom. The molecule has 9 aliphatic rings. The van der Waals surface area contributed by atoms with E-state index in [1.807, 2.05) is 13.1 Å². The van der Waals surface area contributed by atoms with E-state index in [0.29, 0.717) is 108 Å². The number of nitrogens with two attached hydrogens (primary N) is 2. The molecule has 482 valence electrons. The zero-order valence-corrected chi connectivity index (χ0v) is 54.6. The van der Waals surface area contributed by atoms with Gasteiger partial charge in [0.05, 0.1) is 38.3 Å². The van der Waals surface area contributed by atoms with Gasteiger partial charge in [-0.25, -0.2) is 4.99 Å². The monoisotopic (exact) mass is 1250 g/mol. The van der Waals surface area contributed by atoms with E-state index in [0.717, 1.165) is 120 Å². The Kier molecular flexibility index (Phi) is 22.2. The van der Waals surface area contributed by atoms with Crippen LogP contribution in [0.25, 0.3) is 5.57 Å². The molecule has 15 nitrogen and oxygen atoms in total. The summed E-state index contributed by atoms with van der Waals surface area (Å²) < 4.78 is 5.68. The van der Waals surface area contributed by atoms with Gasteiger partial charge in [-0.3, -0.25) is 9.59 Å². The third-order valence-electron chi connectivity index (χ3n) is 22.3. The number of dihydropyridines is 1. The van der Waals surface area contributed by atoms with Gasteiger partial charge in [-0.15, -0.1) is 0 Å². The van der Waals surface area contributed by atoms with Crippen molar-refractivity contribution in [3.05, 3.63) is 136 Å². The first kappa shape index (κ1) is 65.5. The summed E-state index contributed by atoms with van der Waals surface area (Å²) >= 11 is 0. The molecule has 14 atom stereocenters. The van der Waals surface area contributed by atoms with Gasteiger partial charge in [0, 0.05) is 50.1 Å². The Hall–Kier alpha value is -4.95. The molecular weight excluding hydrogens is 1150 g/mol. The number of nitrogens with zero attached hydrogens (tertiary/aromatic N) is 1. The number of allylic oxidation sites excluding steroid dienone is 3. The van der Waals surface area contributed by atoms with Crippen molar-refractivity contribution in [1.29, 1.82) is 0 Å². The van der Waals surface area contributed by atoms with Gasteiger partial charge in [0.1, 0.15) is 5.78 Å². The summed E-state index contributed by atoms with van der Waals surface area (Å²) in [5, 5.41) is 56.2. The quantitative estimate of drug-likeness (QED) is 0.0388. The van der Waals surface area contributed by atoms with Gasteiger partial charge in [-0.1, -0.05) is 88.3 Å². The van der Waals surface area contributed by atoms with Crippen molar-refractivity contribution in [3.63, 3.8) is 0 Å². The van der Waals surface area contributed by atoms with Crippen LogP contribution in [0.2, 0.25) is 0 Å². The standard InChI is InChI=1S/C72H101N9O6S2/c1-45(83)38-79-67-37-71(36-62-60-21-23-76-40-53(60)27-50-13-8-22-77-68(50)62)33-49-17-19-66(71)72(67)34-51(56(35-72)39-75-2)20-24-78-70(74)81-44-89-88-43-63-59(18-16-48-12-7-11-47(25-48)15-14-46-9-5-4-6-10-46)54(41-80-69(63)73)28-52-30-64(86)65(87-3)32-61(52)55(42-82)29-58(85)31-57(84)26-49/h4-13,25,29-30,32,41,45,49-51,53,56,60,62,66-69,75-77,79-80,82-83,86H,14-24,26-28,31,33-40,42-44,73H2,1-3H3,(H3,74,78,81)/b55-29+/t45-,49-,50-,51+,53-,56-,60+,62-,66+,67-,68+,69?,71-,72-/m0/s1. The molecule has 89 heavy (non-hydrogen) atoms. The lowest BCUT2D eigenvalue weighted by Crippen LogP contribution is -2.57. The van der Waals surface area contributed by atoms with Gasteiger partial charge in [0.15, 0.2) is 23.2 Å². The number of methoxy groups -OCH3 is 1. The number of ketones is 2. The van der Waals surface area contributed by atoms with Crippen LogP contribution >= 0.6 is 21.6 Å². The minimum absolute atomic E-state index is 0.000793. The van der Waals surface area contributed by atoms with Crippen LogP contribution in [0.5, 0.6) is 11.5 Å². The van der Waals surface area contributed by atoms with Gasteiger partial charge in [-0.2, -0.15) is 0 Å². The van der Waals surface area contributed by atoms with Crippen LogP contribution < -0.4 is 48.1 Å². The minimum Gasteiger partial charge on any atom is -0.504 e. The second-order valence-corrected chi connectivity index (χ2v) is 30.2. The molecule has 5 fully saturated rings. The molecule has 3 aromatic carbocycles. The number of carbonyl (C=O) groups excluding carboxylic acids is 2. The third-order valence-corrected chi connectivity index (χ3v) is 24.3. The Morgan fingerprint density at radius 1 is 0.910 bits per heavy atom. The molecule has 5 aliphatic heterocycles. The highest BCUT2D eigenvalue weighted by atomic mass is 33.1. The predicted octanol–water partition coefficient (Wildman–Crippen LogP) is 8.53. The molecular formula is C72H101N9O6S2. The number of guanidine groups is 1. The maximum Gasteiger partial charge on any atom is 0.189 e. The van der Waals surface area contributed by atoms with Crippen molar-refractivity contribution in [2.45, 2.75) is 140 Å². The average Bonchev–Trinajstić information content (AvgIpc) is 1.56. The Bertz CT molecular complexity index is 3100. The van der Waals surface area contributed by atoms with E-state index in [1.165, 1.54) is 42.7 Å². The van der Waals surface area contributed by atoms with Crippen LogP contribution in [0, 0.1) is 58.2 Å². The number of aromatic hydroxyl groups is 1. The van der Waals surface area contributed by atoms with E-state index in [1.54, 1.807) is 33.7 Å². The van der Waals surface area contributed by atoms with Gasteiger partial charge < -0.3 is 63.4 Å². The van der Waals surface area contributed by atoms with Crippen LogP contribution in [0.15, 0.2) is 113 Å². The third kappa shape index (κ3) is 15.4. The number of phenols is 1. The number of nitrogens with one attached hydrogen (secondary N) is 6. The highest BCUT2D eigenvalue weighted by molar-refractivity contribution is 8.76. The van der Waals surface area contributed by atoms with Crippen molar-refractivity contribution in [2.75, 3.05) is 71.7 Å². The van der Waals surface area contributed by atoms with E-state index < -0.39 is 18.9 Å². The number of aryl methyl sites for hydroxylation is 3. The molecule has 17 heteroatoms. The fourth-order valence-electron chi connectivity index (χ4n) is 18.6. The molecule has 0 amide bonds. The first-order chi connectivity index (χ1) is 43.2. The summed E-state index contributed by atoms with van der Waals surface area (Å²) in [5.74, 6) is 4.99. The fraction of sp³-hybridized carbons (Fsp3) is 0.597. The number of aliphatic hydroxyl groups excluding tert-OH is 2. The number of aliphatic imine (C=N–C) groups is 1. The molecule has 1 spiro atoms. The van der Waals surface area contributed by atoms with Gasteiger partial charge in [0.2, 0.25) is 0 Å². The first-order valence-corrected chi connectivity index (χ1v) is 36.0. The number of hydrogen-bond acceptors (Lipinski definition) is 17. The average molecular weight is 1250 g/mol. The summed E-state index contributed by atoms with van der Waals surface area (Å²) in [6.07, 6.45) is 21.8. The number of rotatable bonds is 15. The normalized spacial score (nSPS) is 33.0. The van der Waals surface area contributed by atoms with Crippen molar-refractivity contribution in [3.8, 4) is 11.5 Å². The van der Waals surface area contributed by atoms with Crippen LogP contribution in [-0.4, -0.2) is 129 Å². The fourth-order valence-corrected chi connectivity index (χ4v) is 20.5. The molecule has 1 saturated heterocycles. The molecule has 4 aliphatic carbocycles. The molecule has 3 aromatic rings. The van der Waals surface area contributed by atoms with Crippen LogP contribution in [-0.2, 0) is 35.3 Å². The number of Topliss-reactive ketones (excluding diaryl/α,β-unsaturated/α-hetero) is 1. The SMILES string of the molecule is CNC[C@@H]1C[C@@]23C[C@H]1CCNC(N)=NCSSCC1=C(CCc4cccc(CCc5ccccc5)c4)C(=CNC1N)Cc1cc(O)c(OC)cc1/C(CO)=C/C(=O)CC(=O)C[C@@H]1CC[C@@H]2[C@](C[C@H]2[C@@H]4CCNC[C@@H]4C[C@@H]4C=CCN[C@@H]24)(C1)C[C@@H]3NC[C@H](C)O. The predicted molar refractivity (Wildman–Crippen MR) is 362 cm³/mol. The van der Waals surface area contributed by atoms with Gasteiger partial charge >= 0.3 is 0 Å². The van der Waals surface area contributed by atoms with Crippen molar-refractivity contribution < 1.29 is 29.6 Å². The Balaban J connectivity index is 0.917. The maximum atomic E-state index is 14.7. The molecule has 0 aromatic heterocycles. The molecule has 12 rings (SSSR count). The summed E-state index contributed by atoms with van der Waals surface area (Å²) in [6.45, 7) is 6.65. The Morgan fingerprint density at radius 3 is 2.52 bits per heavy atom. The van der Waals surface area contributed by atoms with Crippen molar-refractivity contribution in [1.82, 2.24) is 31.9 Å². The highest BCUT2D eigenvalue weighted by Gasteiger charge is 2.67. The number of aliphatic hydroxyl groups is 2. The molecule has 7 bridgehead atoms. The molecule has 13 N–H and O–H groups in total. The number of carbonyl (C=O) groups is 2. The molecule has 1 unspecified atom stereocenters. The topological polar surface area (TPSA) is 241 Å². The van der Waals surface area contributed by atoms with Crippen LogP contribution in [0.3, 0.4) is 0 Å². The number of piperidine rings is 1. The lowest BCUT2D eigenvalue weighted by atomic mass is 9.52. The number of phenolic OH excluding ortho intramolecular Hbond substituents is 1. The van der Waals surface area contributed by atoms with Crippen LogP contribution in [0.1, 0.15) is 118 Å². The lowest BCUT2D eigenvalue weighted by molar-refractivity contribution is -0.126. The minimum atomic E-state index is -0.485. The summed E-state index contributed by atoms with van der Waals surface area (Å²) in [6, 6.07) is 23.4. The first-order valence-electron chi connectivity index (χ1n) is 33.5. The largest absolute Gasteiger partial charge is 0.504 e. The summed E-state index contributed by atoms with van der Waals surface area (Å²) in [5.41, 5.74) is 22.3. The van der Waals surface area contributed by atoms with Crippen LogP contribution in [0.4, 0.5) is 0 Å². The smallest absolute Gasteiger partial charge is 0.189 e. The molecule has 0 radical (unpaired) electrons. The van der Waals surface area contributed by atoms with E-state index in [-0.39, 0.29) is 52.3 Å². The number of ether oxygens (including phenoxy) is 1. The van der Waals surface area contributed by atoms with Crippen molar-refractivity contribution in [2.24, 2.45) is 74.6 Å². The molecule has 5 heterocycles. The zero-order chi connectivity index (χ0) is 62.1. The number of fused-ring (bicyclic) bond motifs is 14. The van der Waals surface area contributed by atoms with E-state index in [4.69, 9.17) is 21.2 Å². The Labute approximate surface area is 537 Å². The highest BCUT2D eigenvalue weighted by Crippen LogP contribution is 2.71. The zero-order valence-electron chi connectivity index (χ0n) is 53.0. The van der Waals surface area contributed by atoms with Gasteiger partial charge in [0.25, 0.3) is 0 Å². The van der Waals surface area contributed by atoms with E-state index in [9.17, 15) is 24.9 Å².